The number of primary amides is 1. The van der Waals surface area contributed by atoms with E-state index in [0.29, 0.717) is 13.1 Å². The number of hydrogen-bond acceptors (Lipinski definition) is 4. The Labute approximate surface area is 145 Å². The largest absolute Gasteiger partial charge is 0.368 e. The minimum Gasteiger partial charge on any atom is -0.368 e. The van der Waals surface area contributed by atoms with Crippen molar-refractivity contribution >= 4 is 23.2 Å². The maximum Gasteiger partial charge on any atom is 0.239 e. The zero-order valence-electron chi connectivity index (χ0n) is 13.6. The highest BCUT2D eigenvalue weighted by atomic mass is 32.1. The molecule has 2 aromatic rings. The first kappa shape index (κ1) is 16.7. The number of benzene rings is 1. The summed E-state index contributed by atoms with van der Waals surface area (Å²) < 4.78 is 0. The zero-order valence-corrected chi connectivity index (χ0v) is 14.4. The van der Waals surface area contributed by atoms with Crippen LogP contribution < -0.4 is 11.1 Å². The predicted molar refractivity (Wildman–Crippen MR) is 94.4 cm³/mol. The Balaban J connectivity index is 1.68. The van der Waals surface area contributed by atoms with E-state index in [9.17, 15) is 9.59 Å². The molecule has 2 unspecified atom stereocenters. The SMILES string of the molecule is CC(NC(C(N)=O)c1ccccc1)C(=O)N1CCc2sccc2C1. The quantitative estimate of drug-likeness (QED) is 0.870. The van der Waals surface area contributed by atoms with Crippen molar-refractivity contribution in [2.45, 2.75) is 32.0 Å². The fourth-order valence-electron chi connectivity index (χ4n) is 3.02. The lowest BCUT2D eigenvalue weighted by atomic mass is 10.0. The highest BCUT2D eigenvalue weighted by molar-refractivity contribution is 7.10. The molecule has 0 radical (unpaired) electrons. The second-order valence-electron chi connectivity index (χ2n) is 6.01. The van der Waals surface area contributed by atoms with Crippen molar-refractivity contribution in [2.75, 3.05) is 6.54 Å². The topological polar surface area (TPSA) is 75.4 Å². The second-order valence-corrected chi connectivity index (χ2v) is 7.01. The molecule has 1 aliphatic heterocycles. The summed E-state index contributed by atoms with van der Waals surface area (Å²) in [5, 5.41) is 5.15. The number of rotatable bonds is 5. The van der Waals surface area contributed by atoms with Crippen LogP contribution in [-0.2, 0) is 22.6 Å². The summed E-state index contributed by atoms with van der Waals surface area (Å²) in [4.78, 5) is 27.7. The van der Waals surface area contributed by atoms with Crippen molar-refractivity contribution in [3.8, 4) is 0 Å². The van der Waals surface area contributed by atoms with Gasteiger partial charge in [0.1, 0.15) is 6.04 Å². The number of amides is 2. The summed E-state index contributed by atoms with van der Waals surface area (Å²) in [6.07, 6.45) is 0.892. The van der Waals surface area contributed by atoms with E-state index in [4.69, 9.17) is 5.73 Å². The van der Waals surface area contributed by atoms with Gasteiger partial charge in [-0.15, -0.1) is 11.3 Å². The summed E-state index contributed by atoms with van der Waals surface area (Å²) in [6.45, 7) is 3.13. The number of carbonyl (C=O) groups excluding carboxylic acids is 2. The van der Waals surface area contributed by atoms with E-state index in [1.807, 2.05) is 35.2 Å². The molecule has 1 aromatic heterocycles. The monoisotopic (exact) mass is 343 g/mol. The molecule has 5 nitrogen and oxygen atoms in total. The van der Waals surface area contributed by atoms with Crippen LogP contribution >= 0.6 is 11.3 Å². The third-order valence-corrected chi connectivity index (χ3v) is 5.35. The number of carbonyl (C=O) groups is 2. The van der Waals surface area contributed by atoms with Crippen LogP contribution in [0.3, 0.4) is 0 Å². The van der Waals surface area contributed by atoms with Gasteiger partial charge in [0.2, 0.25) is 11.8 Å². The molecule has 2 atom stereocenters. The third-order valence-electron chi connectivity index (χ3n) is 4.32. The average molecular weight is 343 g/mol. The molecule has 3 rings (SSSR count). The first-order valence-corrected chi connectivity index (χ1v) is 8.88. The lowest BCUT2D eigenvalue weighted by molar-refractivity contribution is -0.134. The van der Waals surface area contributed by atoms with E-state index in [1.165, 1.54) is 10.4 Å². The number of nitrogens with zero attached hydrogens (tertiary/aromatic N) is 1. The molecule has 0 aliphatic carbocycles. The Morgan fingerprint density at radius 3 is 2.71 bits per heavy atom. The minimum absolute atomic E-state index is 0.00553. The molecule has 1 aromatic carbocycles. The Morgan fingerprint density at radius 1 is 1.25 bits per heavy atom. The van der Waals surface area contributed by atoms with Crippen LogP contribution in [0.25, 0.3) is 0 Å². The van der Waals surface area contributed by atoms with Gasteiger partial charge in [0, 0.05) is 18.0 Å². The van der Waals surface area contributed by atoms with Crippen molar-refractivity contribution in [3.63, 3.8) is 0 Å². The molecular formula is C18H21N3O2S. The number of nitrogens with two attached hydrogens (primary N) is 1. The molecule has 0 fully saturated rings. The molecule has 6 heteroatoms. The average Bonchev–Trinajstić information content (AvgIpc) is 3.06. The van der Waals surface area contributed by atoms with Crippen molar-refractivity contribution < 1.29 is 9.59 Å². The Bertz CT molecular complexity index is 729. The molecule has 2 heterocycles. The fourth-order valence-corrected chi connectivity index (χ4v) is 3.91. The Kier molecular flexibility index (Phi) is 4.97. The van der Waals surface area contributed by atoms with Gasteiger partial charge in [0.05, 0.1) is 6.04 Å². The molecule has 3 N–H and O–H groups in total. The van der Waals surface area contributed by atoms with Crippen LogP contribution in [0.15, 0.2) is 41.8 Å². The van der Waals surface area contributed by atoms with Gasteiger partial charge in [-0.25, -0.2) is 0 Å². The van der Waals surface area contributed by atoms with E-state index in [2.05, 4.69) is 16.8 Å². The summed E-state index contributed by atoms with van der Waals surface area (Å²) in [6, 6.07) is 10.2. The van der Waals surface area contributed by atoms with Crippen molar-refractivity contribution in [3.05, 3.63) is 57.8 Å². The van der Waals surface area contributed by atoms with Gasteiger partial charge >= 0.3 is 0 Å². The lowest BCUT2D eigenvalue weighted by Gasteiger charge is -2.31. The van der Waals surface area contributed by atoms with Gasteiger partial charge in [-0.05, 0) is 35.9 Å². The van der Waals surface area contributed by atoms with Gasteiger partial charge in [0.15, 0.2) is 0 Å². The van der Waals surface area contributed by atoms with E-state index >= 15 is 0 Å². The molecule has 0 saturated carbocycles. The van der Waals surface area contributed by atoms with E-state index in [0.717, 1.165) is 12.0 Å². The van der Waals surface area contributed by atoms with Crippen LogP contribution in [0.5, 0.6) is 0 Å². The number of fused-ring (bicyclic) bond motifs is 1. The molecule has 126 valence electrons. The Hall–Kier alpha value is -2.18. The highest BCUT2D eigenvalue weighted by Gasteiger charge is 2.28. The van der Waals surface area contributed by atoms with Crippen molar-refractivity contribution in [1.82, 2.24) is 10.2 Å². The van der Waals surface area contributed by atoms with E-state index in [1.54, 1.807) is 18.3 Å². The molecule has 0 spiro atoms. The van der Waals surface area contributed by atoms with Gasteiger partial charge < -0.3 is 10.6 Å². The highest BCUT2D eigenvalue weighted by Crippen LogP contribution is 2.24. The zero-order chi connectivity index (χ0) is 17.1. The van der Waals surface area contributed by atoms with Crippen LogP contribution in [-0.4, -0.2) is 29.3 Å². The maximum absolute atomic E-state index is 12.7. The number of hydrogen-bond donors (Lipinski definition) is 2. The number of thiophene rings is 1. The summed E-state index contributed by atoms with van der Waals surface area (Å²) in [7, 11) is 0. The first-order valence-electron chi connectivity index (χ1n) is 8.00. The van der Waals surface area contributed by atoms with Crippen LogP contribution in [0.2, 0.25) is 0 Å². The van der Waals surface area contributed by atoms with Gasteiger partial charge in [0.25, 0.3) is 0 Å². The minimum atomic E-state index is -0.674. The standard InChI is InChI=1S/C18H21N3O2S/c1-12(20-16(17(19)22)13-5-3-2-4-6-13)18(23)21-9-7-15-14(11-21)8-10-24-15/h2-6,8,10,12,16,20H,7,9,11H2,1H3,(H2,19,22). The molecule has 1 aliphatic rings. The smallest absolute Gasteiger partial charge is 0.239 e. The third kappa shape index (κ3) is 3.49. The molecule has 2 amide bonds. The lowest BCUT2D eigenvalue weighted by Crippen LogP contribution is -2.49. The van der Waals surface area contributed by atoms with Crippen LogP contribution in [0, 0.1) is 0 Å². The van der Waals surface area contributed by atoms with Crippen molar-refractivity contribution in [2.24, 2.45) is 5.73 Å². The van der Waals surface area contributed by atoms with Crippen LogP contribution in [0.1, 0.15) is 29.0 Å². The first-order chi connectivity index (χ1) is 11.6. The van der Waals surface area contributed by atoms with E-state index in [-0.39, 0.29) is 5.91 Å². The molecule has 0 bridgehead atoms. The Morgan fingerprint density at radius 2 is 2.00 bits per heavy atom. The van der Waals surface area contributed by atoms with E-state index < -0.39 is 18.0 Å². The van der Waals surface area contributed by atoms with Crippen LogP contribution in [0.4, 0.5) is 0 Å². The fraction of sp³-hybridized carbons (Fsp3) is 0.333. The normalized spacial score (nSPS) is 16.3. The molecular weight excluding hydrogens is 322 g/mol. The molecule has 0 saturated heterocycles. The second kappa shape index (κ2) is 7.15. The van der Waals surface area contributed by atoms with Gasteiger partial charge in [-0.3, -0.25) is 14.9 Å². The number of nitrogens with one attached hydrogen (secondary N) is 1. The van der Waals surface area contributed by atoms with Gasteiger partial charge in [-0.2, -0.15) is 0 Å². The summed E-state index contributed by atoms with van der Waals surface area (Å²) in [5.41, 5.74) is 7.51. The summed E-state index contributed by atoms with van der Waals surface area (Å²) in [5.74, 6) is -0.492. The summed E-state index contributed by atoms with van der Waals surface area (Å²) >= 11 is 1.74. The molecule has 24 heavy (non-hydrogen) atoms. The van der Waals surface area contributed by atoms with Gasteiger partial charge in [-0.1, -0.05) is 30.3 Å². The van der Waals surface area contributed by atoms with Crippen molar-refractivity contribution in [1.29, 1.82) is 0 Å². The predicted octanol–water partition coefficient (Wildman–Crippen LogP) is 1.84. The maximum atomic E-state index is 12.7.